The Morgan fingerprint density at radius 2 is 2.19 bits per heavy atom. The molecule has 3 heterocycles. The number of pyridine rings is 1. The lowest BCUT2D eigenvalue weighted by atomic mass is 10.1. The van der Waals surface area contributed by atoms with E-state index in [1.165, 1.54) is 15.4 Å². The first-order valence-corrected chi connectivity index (χ1v) is 11.0. The Bertz CT molecular complexity index is 895. The molecule has 0 saturated carbocycles. The summed E-state index contributed by atoms with van der Waals surface area (Å²) in [6.07, 6.45) is 3.66. The molecule has 2 amide bonds. The van der Waals surface area contributed by atoms with E-state index in [2.05, 4.69) is 15.6 Å². The standard InChI is InChI=1S/C17H22N4O3S2/c1-12-5-6-15(25-12)16-14(4-3-8-18-16)20-17(22)19-10-13-7-9-21(11-13)26(2,23)24/h3-6,8,13H,7,9-11H2,1-2H3,(H2,19,20,22). The third kappa shape index (κ3) is 4.60. The van der Waals surface area contributed by atoms with Gasteiger partial charge in [0.15, 0.2) is 0 Å². The first kappa shape index (κ1) is 18.8. The summed E-state index contributed by atoms with van der Waals surface area (Å²) in [5, 5.41) is 5.68. The first-order valence-electron chi connectivity index (χ1n) is 8.35. The largest absolute Gasteiger partial charge is 0.338 e. The third-order valence-electron chi connectivity index (χ3n) is 4.30. The van der Waals surface area contributed by atoms with E-state index in [-0.39, 0.29) is 11.9 Å². The van der Waals surface area contributed by atoms with Gasteiger partial charge >= 0.3 is 6.03 Å². The van der Waals surface area contributed by atoms with E-state index in [1.807, 2.05) is 25.1 Å². The molecule has 0 radical (unpaired) electrons. The number of thiophene rings is 1. The van der Waals surface area contributed by atoms with Gasteiger partial charge in [-0.1, -0.05) is 0 Å². The number of hydrogen-bond donors (Lipinski definition) is 2. The second-order valence-electron chi connectivity index (χ2n) is 6.42. The summed E-state index contributed by atoms with van der Waals surface area (Å²) in [5.41, 5.74) is 1.39. The van der Waals surface area contributed by atoms with Gasteiger partial charge in [0, 0.05) is 30.7 Å². The number of carbonyl (C=O) groups excluding carboxylic acids is 1. The van der Waals surface area contributed by atoms with E-state index in [0.29, 0.717) is 25.3 Å². The zero-order chi connectivity index (χ0) is 18.7. The molecular weight excluding hydrogens is 372 g/mol. The molecule has 7 nitrogen and oxygen atoms in total. The number of aryl methyl sites for hydroxylation is 1. The van der Waals surface area contributed by atoms with Crippen molar-refractivity contribution in [1.29, 1.82) is 0 Å². The number of aromatic nitrogens is 1. The number of amides is 2. The summed E-state index contributed by atoms with van der Waals surface area (Å²) in [7, 11) is -3.16. The molecular formula is C17H22N4O3S2. The highest BCUT2D eigenvalue weighted by molar-refractivity contribution is 7.88. The summed E-state index contributed by atoms with van der Waals surface area (Å²) in [6.45, 7) is 3.42. The van der Waals surface area contributed by atoms with Crippen molar-refractivity contribution >= 4 is 33.1 Å². The lowest BCUT2D eigenvalue weighted by Crippen LogP contribution is -2.35. The maximum Gasteiger partial charge on any atom is 0.319 e. The summed E-state index contributed by atoms with van der Waals surface area (Å²) in [4.78, 5) is 18.8. The average Bonchev–Trinajstić information content (AvgIpc) is 3.22. The molecule has 9 heteroatoms. The Hall–Kier alpha value is -1.97. The maximum atomic E-state index is 12.3. The zero-order valence-corrected chi connectivity index (χ0v) is 16.4. The lowest BCUT2D eigenvalue weighted by Gasteiger charge is -2.15. The molecule has 0 bridgehead atoms. The van der Waals surface area contributed by atoms with E-state index >= 15 is 0 Å². The van der Waals surface area contributed by atoms with Gasteiger partial charge < -0.3 is 10.6 Å². The topological polar surface area (TPSA) is 91.4 Å². The highest BCUT2D eigenvalue weighted by Crippen LogP contribution is 2.31. The van der Waals surface area contributed by atoms with Gasteiger partial charge in [0.2, 0.25) is 10.0 Å². The van der Waals surface area contributed by atoms with Gasteiger partial charge in [0.25, 0.3) is 0 Å². The Morgan fingerprint density at radius 1 is 1.38 bits per heavy atom. The zero-order valence-electron chi connectivity index (χ0n) is 14.7. The van der Waals surface area contributed by atoms with Crippen molar-refractivity contribution in [3.8, 4) is 10.6 Å². The van der Waals surface area contributed by atoms with Gasteiger partial charge in [-0.2, -0.15) is 0 Å². The molecule has 1 atom stereocenters. The minimum atomic E-state index is -3.16. The van der Waals surface area contributed by atoms with Gasteiger partial charge in [0.05, 0.1) is 16.8 Å². The van der Waals surface area contributed by atoms with E-state index < -0.39 is 10.0 Å². The van der Waals surface area contributed by atoms with E-state index in [4.69, 9.17) is 0 Å². The fourth-order valence-electron chi connectivity index (χ4n) is 2.93. The fraction of sp³-hybridized carbons (Fsp3) is 0.412. The molecule has 1 saturated heterocycles. The average molecular weight is 395 g/mol. The monoisotopic (exact) mass is 394 g/mol. The van der Waals surface area contributed by atoms with Crippen LogP contribution in [0.15, 0.2) is 30.5 Å². The fourth-order valence-corrected chi connectivity index (χ4v) is 4.73. The highest BCUT2D eigenvalue weighted by Gasteiger charge is 2.28. The predicted octanol–water partition coefficient (Wildman–Crippen LogP) is 2.52. The van der Waals surface area contributed by atoms with Crippen LogP contribution in [-0.2, 0) is 10.0 Å². The summed E-state index contributed by atoms with van der Waals surface area (Å²) < 4.78 is 24.6. The smallest absolute Gasteiger partial charge is 0.319 e. The second kappa shape index (κ2) is 7.73. The number of hydrogen-bond acceptors (Lipinski definition) is 5. The molecule has 3 rings (SSSR count). The molecule has 0 aromatic carbocycles. The van der Waals surface area contributed by atoms with Crippen molar-refractivity contribution in [2.45, 2.75) is 13.3 Å². The van der Waals surface area contributed by atoms with Crippen molar-refractivity contribution in [2.75, 3.05) is 31.2 Å². The van der Waals surface area contributed by atoms with Gasteiger partial charge in [-0.25, -0.2) is 17.5 Å². The molecule has 26 heavy (non-hydrogen) atoms. The van der Waals surface area contributed by atoms with Crippen LogP contribution in [-0.4, -0.2) is 49.6 Å². The molecule has 0 aliphatic carbocycles. The van der Waals surface area contributed by atoms with Crippen molar-refractivity contribution in [2.24, 2.45) is 5.92 Å². The normalized spacial score (nSPS) is 18.0. The van der Waals surface area contributed by atoms with Crippen molar-refractivity contribution in [3.63, 3.8) is 0 Å². The molecule has 2 aromatic rings. The summed E-state index contributed by atoms with van der Waals surface area (Å²) in [6, 6.07) is 7.29. The highest BCUT2D eigenvalue weighted by atomic mass is 32.2. The van der Waals surface area contributed by atoms with Crippen molar-refractivity contribution < 1.29 is 13.2 Å². The predicted molar refractivity (Wildman–Crippen MR) is 104 cm³/mol. The lowest BCUT2D eigenvalue weighted by molar-refractivity contribution is 0.250. The molecule has 1 fully saturated rings. The van der Waals surface area contributed by atoms with Crippen LogP contribution in [0.2, 0.25) is 0 Å². The van der Waals surface area contributed by atoms with Crippen LogP contribution in [0.25, 0.3) is 10.6 Å². The number of carbonyl (C=O) groups is 1. The molecule has 2 aromatic heterocycles. The molecule has 1 aliphatic rings. The van der Waals surface area contributed by atoms with Gasteiger partial charge in [-0.05, 0) is 43.5 Å². The number of nitrogens with zero attached hydrogens (tertiary/aromatic N) is 2. The number of nitrogens with one attached hydrogen (secondary N) is 2. The van der Waals surface area contributed by atoms with E-state index in [9.17, 15) is 13.2 Å². The van der Waals surface area contributed by atoms with Crippen LogP contribution >= 0.6 is 11.3 Å². The Labute approximate surface area is 157 Å². The van der Waals surface area contributed by atoms with E-state index in [1.54, 1.807) is 23.6 Å². The summed E-state index contributed by atoms with van der Waals surface area (Å²) >= 11 is 1.62. The van der Waals surface area contributed by atoms with Gasteiger partial charge in [-0.15, -0.1) is 11.3 Å². The van der Waals surface area contributed by atoms with E-state index in [0.717, 1.165) is 17.0 Å². The quantitative estimate of drug-likeness (QED) is 0.815. The molecule has 1 unspecified atom stereocenters. The summed E-state index contributed by atoms with van der Waals surface area (Å²) in [5.74, 6) is 0.129. The SMILES string of the molecule is Cc1ccc(-c2ncccc2NC(=O)NCC2CCN(S(C)(=O)=O)C2)s1. The Morgan fingerprint density at radius 3 is 2.85 bits per heavy atom. The van der Waals surface area contributed by atoms with Crippen LogP contribution < -0.4 is 10.6 Å². The second-order valence-corrected chi connectivity index (χ2v) is 9.69. The maximum absolute atomic E-state index is 12.3. The van der Waals surface area contributed by atoms with Crippen LogP contribution in [0.4, 0.5) is 10.5 Å². The van der Waals surface area contributed by atoms with Crippen LogP contribution in [0.3, 0.4) is 0 Å². The van der Waals surface area contributed by atoms with Crippen molar-refractivity contribution in [3.05, 3.63) is 35.3 Å². The third-order valence-corrected chi connectivity index (χ3v) is 6.58. The number of sulfonamides is 1. The first-order chi connectivity index (χ1) is 12.3. The molecule has 140 valence electrons. The van der Waals surface area contributed by atoms with Crippen LogP contribution in [0.5, 0.6) is 0 Å². The Kier molecular flexibility index (Phi) is 5.59. The molecule has 2 N–H and O–H groups in total. The minimum absolute atomic E-state index is 0.129. The number of urea groups is 1. The van der Waals surface area contributed by atoms with Crippen LogP contribution in [0.1, 0.15) is 11.3 Å². The Balaban J connectivity index is 1.58. The number of anilines is 1. The number of rotatable bonds is 5. The molecule has 1 aliphatic heterocycles. The minimum Gasteiger partial charge on any atom is -0.338 e. The van der Waals surface area contributed by atoms with Crippen molar-refractivity contribution in [1.82, 2.24) is 14.6 Å². The molecule has 0 spiro atoms. The van der Waals surface area contributed by atoms with Crippen LogP contribution in [0, 0.1) is 12.8 Å². The van der Waals surface area contributed by atoms with Gasteiger partial charge in [-0.3, -0.25) is 4.98 Å². The van der Waals surface area contributed by atoms with Gasteiger partial charge in [0.1, 0.15) is 5.69 Å².